The molecule has 0 aliphatic heterocycles. The van der Waals surface area contributed by atoms with Crippen molar-refractivity contribution in [3.05, 3.63) is 51.5 Å². The van der Waals surface area contributed by atoms with Gasteiger partial charge < -0.3 is 5.11 Å². The molecule has 0 saturated heterocycles. The number of aromatic nitrogens is 1. The molecule has 2 rings (SSSR count). The minimum atomic E-state index is -0.493. The van der Waals surface area contributed by atoms with Gasteiger partial charge in [0.25, 0.3) is 0 Å². The molecule has 0 spiro atoms. The Morgan fingerprint density at radius 3 is 2.50 bits per heavy atom. The molecule has 1 heterocycles. The van der Waals surface area contributed by atoms with Gasteiger partial charge in [-0.2, -0.15) is 0 Å². The molecule has 0 bridgehead atoms. The van der Waals surface area contributed by atoms with Crippen LogP contribution in [0.15, 0.2) is 29.1 Å². The lowest BCUT2D eigenvalue weighted by molar-refractivity contribution is 0.174. The predicted octanol–water partition coefficient (Wildman–Crippen LogP) is 3.04. The lowest BCUT2D eigenvalue weighted by Crippen LogP contribution is -2.02. The van der Waals surface area contributed by atoms with Crippen LogP contribution in [-0.4, -0.2) is 10.1 Å². The highest BCUT2D eigenvalue weighted by molar-refractivity contribution is 7.07. The summed E-state index contributed by atoms with van der Waals surface area (Å²) in [5.74, 6) is 0. The average molecular weight is 233 g/mol. The quantitative estimate of drug-likeness (QED) is 0.884. The molecule has 0 aliphatic carbocycles. The van der Waals surface area contributed by atoms with Crippen molar-refractivity contribution < 1.29 is 5.11 Å². The number of thiazole rings is 1. The van der Waals surface area contributed by atoms with Crippen LogP contribution in [0.5, 0.6) is 0 Å². The third-order valence-electron chi connectivity index (χ3n) is 2.50. The molecule has 16 heavy (non-hydrogen) atoms. The van der Waals surface area contributed by atoms with Gasteiger partial charge in [0.05, 0.1) is 11.2 Å². The SMILES string of the molecule is Cc1cc(C)cc(CC(O)c2cscn2)c1. The number of benzene rings is 1. The average Bonchev–Trinajstić information content (AvgIpc) is 2.68. The molecular formula is C13H15NOS. The summed E-state index contributed by atoms with van der Waals surface area (Å²) >= 11 is 1.51. The molecule has 1 aromatic heterocycles. The Balaban J connectivity index is 2.15. The summed E-state index contributed by atoms with van der Waals surface area (Å²) in [5.41, 5.74) is 6.16. The third kappa shape index (κ3) is 2.68. The van der Waals surface area contributed by atoms with Crippen molar-refractivity contribution in [1.29, 1.82) is 0 Å². The molecule has 1 N–H and O–H groups in total. The van der Waals surface area contributed by atoms with Gasteiger partial charge in [0, 0.05) is 11.8 Å². The Kier molecular flexibility index (Phi) is 3.36. The Bertz CT molecular complexity index is 445. The Morgan fingerprint density at radius 1 is 1.25 bits per heavy atom. The molecule has 0 fully saturated rings. The zero-order valence-electron chi connectivity index (χ0n) is 9.47. The summed E-state index contributed by atoms with van der Waals surface area (Å²) < 4.78 is 0. The Labute approximate surface area is 99.6 Å². The number of aliphatic hydroxyl groups is 1. The van der Waals surface area contributed by atoms with E-state index in [2.05, 4.69) is 37.0 Å². The molecule has 0 amide bonds. The van der Waals surface area contributed by atoms with Gasteiger partial charge in [0.2, 0.25) is 0 Å². The van der Waals surface area contributed by atoms with Crippen LogP contribution in [0.1, 0.15) is 28.5 Å². The first-order valence-electron chi connectivity index (χ1n) is 5.28. The first kappa shape index (κ1) is 11.3. The van der Waals surface area contributed by atoms with Crippen molar-refractivity contribution in [1.82, 2.24) is 4.98 Å². The maximum Gasteiger partial charge on any atom is 0.101 e. The molecule has 2 aromatic rings. The number of aryl methyl sites for hydroxylation is 2. The molecule has 84 valence electrons. The lowest BCUT2D eigenvalue weighted by atomic mass is 10.0. The molecule has 1 aromatic carbocycles. The minimum Gasteiger partial charge on any atom is -0.386 e. The van der Waals surface area contributed by atoms with Gasteiger partial charge >= 0.3 is 0 Å². The van der Waals surface area contributed by atoms with Gasteiger partial charge in [-0.1, -0.05) is 29.3 Å². The fourth-order valence-corrected chi connectivity index (χ4v) is 2.50. The van der Waals surface area contributed by atoms with Gasteiger partial charge in [-0.15, -0.1) is 11.3 Å². The topological polar surface area (TPSA) is 33.1 Å². The van der Waals surface area contributed by atoms with Gasteiger partial charge in [-0.05, 0) is 19.4 Å². The van der Waals surface area contributed by atoms with Gasteiger partial charge in [-0.3, -0.25) is 0 Å². The van der Waals surface area contributed by atoms with Crippen LogP contribution in [0.4, 0.5) is 0 Å². The van der Waals surface area contributed by atoms with Gasteiger partial charge in [0.1, 0.15) is 6.10 Å². The predicted molar refractivity (Wildman–Crippen MR) is 66.7 cm³/mol. The molecule has 1 atom stereocenters. The van der Waals surface area contributed by atoms with E-state index in [0.717, 1.165) is 11.3 Å². The van der Waals surface area contributed by atoms with E-state index in [9.17, 15) is 5.11 Å². The van der Waals surface area contributed by atoms with Crippen LogP contribution in [0, 0.1) is 13.8 Å². The number of rotatable bonds is 3. The van der Waals surface area contributed by atoms with Crippen LogP contribution in [0.25, 0.3) is 0 Å². The van der Waals surface area contributed by atoms with E-state index < -0.39 is 6.10 Å². The summed E-state index contributed by atoms with van der Waals surface area (Å²) in [5, 5.41) is 11.9. The normalized spacial score (nSPS) is 12.7. The minimum absolute atomic E-state index is 0.493. The summed E-state index contributed by atoms with van der Waals surface area (Å²) in [6.45, 7) is 4.15. The van der Waals surface area contributed by atoms with Crippen molar-refractivity contribution in [2.45, 2.75) is 26.4 Å². The smallest absolute Gasteiger partial charge is 0.101 e. The highest BCUT2D eigenvalue weighted by Crippen LogP contribution is 2.19. The molecule has 0 aliphatic rings. The second-order valence-corrected chi connectivity index (χ2v) is 4.85. The first-order chi connectivity index (χ1) is 7.65. The van der Waals surface area contributed by atoms with Crippen LogP contribution in [0.3, 0.4) is 0 Å². The largest absolute Gasteiger partial charge is 0.386 e. The number of aliphatic hydroxyl groups excluding tert-OH is 1. The van der Waals surface area contributed by atoms with Crippen LogP contribution in [-0.2, 0) is 6.42 Å². The van der Waals surface area contributed by atoms with Crippen molar-refractivity contribution in [3.63, 3.8) is 0 Å². The lowest BCUT2D eigenvalue weighted by Gasteiger charge is -2.09. The van der Waals surface area contributed by atoms with Crippen molar-refractivity contribution >= 4 is 11.3 Å². The summed E-state index contributed by atoms with van der Waals surface area (Å²) in [7, 11) is 0. The maximum absolute atomic E-state index is 9.99. The third-order valence-corrected chi connectivity index (χ3v) is 3.11. The van der Waals surface area contributed by atoms with E-state index in [4.69, 9.17) is 0 Å². The van der Waals surface area contributed by atoms with Crippen molar-refractivity contribution in [2.75, 3.05) is 0 Å². The standard InChI is InChI=1S/C13H15NOS/c1-9-3-10(2)5-11(4-9)6-13(15)12-7-16-8-14-12/h3-5,7-8,13,15H,6H2,1-2H3. The number of nitrogens with zero attached hydrogens (tertiary/aromatic N) is 1. The van der Waals surface area contributed by atoms with Gasteiger partial charge in [0.15, 0.2) is 0 Å². The van der Waals surface area contributed by atoms with E-state index >= 15 is 0 Å². The zero-order chi connectivity index (χ0) is 11.5. The van der Waals surface area contributed by atoms with Crippen molar-refractivity contribution in [2.24, 2.45) is 0 Å². The van der Waals surface area contributed by atoms with E-state index in [0.29, 0.717) is 6.42 Å². The first-order valence-corrected chi connectivity index (χ1v) is 6.23. The number of hydrogen-bond donors (Lipinski definition) is 1. The fourth-order valence-electron chi connectivity index (χ4n) is 1.90. The van der Waals surface area contributed by atoms with E-state index in [-0.39, 0.29) is 0 Å². The van der Waals surface area contributed by atoms with Crippen LogP contribution in [0.2, 0.25) is 0 Å². The molecule has 2 nitrogen and oxygen atoms in total. The summed E-state index contributed by atoms with van der Waals surface area (Å²) in [6.07, 6.45) is 0.138. The summed E-state index contributed by atoms with van der Waals surface area (Å²) in [6, 6.07) is 6.36. The maximum atomic E-state index is 9.99. The van der Waals surface area contributed by atoms with E-state index in [1.54, 1.807) is 5.51 Å². The van der Waals surface area contributed by atoms with Crippen LogP contribution < -0.4 is 0 Å². The molecule has 3 heteroatoms. The molecule has 0 radical (unpaired) electrons. The molecular weight excluding hydrogens is 218 g/mol. The van der Waals surface area contributed by atoms with Gasteiger partial charge in [-0.25, -0.2) is 4.98 Å². The highest BCUT2D eigenvalue weighted by atomic mass is 32.1. The zero-order valence-corrected chi connectivity index (χ0v) is 10.3. The second-order valence-electron chi connectivity index (χ2n) is 4.13. The van der Waals surface area contributed by atoms with E-state index in [1.165, 1.54) is 22.5 Å². The molecule has 0 saturated carbocycles. The monoisotopic (exact) mass is 233 g/mol. The highest BCUT2D eigenvalue weighted by Gasteiger charge is 2.10. The van der Waals surface area contributed by atoms with E-state index in [1.807, 2.05) is 5.38 Å². The second kappa shape index (κ2) is 4.76. The molecule has 1 unspecified atom stereocenters. The van der Waals surface area contributed by atoms with Crippen LogP contribution >= 0.6 is 11.3 Å². The Hall–Kier alpha value is -1.19. The number of hydrogen-bond acceptors (Lipinski definition) is 3. The summed E-state index contributed by atoms with van der Waals surface area (Å²) in [4.78, 5) is 4.13. The fraction of sp³-hybridized carbons (Fsp3) is 0.308. The van der Waals surface area contributed by atoms with Crippen molar-refractivity contribution in [3.8, 4) is 0 Å². The Morgan fingerprint density at radius 2 is 1.94 bits per heavy atom.